The molecule has 0 aromatic carbocycles. The van der Waals surface area contributed by atoms with Crippen molar-refractivity contribution in [2.75, 3.05) is 29.9 Å². The summed E-state index contributed by atoms with van der Waals surface area (Å²) in [6, 6.07) is 6.40. The van der Waals surface area contributed by atoms with Crippen LogP contribution in [0.3, 0.4) is 0 Å². The maximum Gasteiger partial charge on any atom is 0.142 e. The predicted octanol–water partition coefficient (Wildman–Crippen LogP) is 2.25. The van der Waals surface area contributed by atoms with Crippen molar-refractivity contribution in [2.24, 2.45) is 0 Å². The molecule has 1 saturated heterocycles. The van der Waals surface area contributed by atoms with E-state index in [0.29, 0.717) is 11.6 Å². The first kappa shape index (κ1) is 15.4. The summed E-state index contributed by atoms with van der Waals surface area (Å²) in [4.78, 5) is 20.9. The van der Waals surface area contributed by atoms with Gasteiger partial charge >= 0.3 is 0 Å². The van der Waals surface area contributed by atoms with Crippen molar-refractivity contribution >= 4 is 22.7 Å². The standard InChI is InChI=1S/C18H19N7/c1-12-7-13(8-19)9-21-17(12)24(2)14-4-6-25(10-14)18-15-3-5-20-16(15)22-11-23-18/h3,5,7,9,11,14H,4,6,10H2,1-2H3,(H,20,22,23)/t14-/m1/s1. The summed E-state index contributed by atoms with van der Waals surface area (Å²) >= 11 is 0. The molecule has 0 radical (unpaired) electrons. The lowest BCUT2D eigenvalue weighted by Crippen LogP contribution is -2.35. The molecule has 1 N–H and O–H groups in total. The minimum atomic E-state index is 0.350. The van der Waals surface area contributed by atoms with Gasteiger partial charge in [-0.05, 0) is 31.0 Å². The summed E-state index contributed by atoms with van der Waals surface area (Å²) < 4.78 is 0. The fourth-order valence-electron chi connectivity index (χ4n) is 3.53. The van der Waals surface area contributed by atoms with Crippen LogP contribution in [0.15, 0.2) is 30.9 Å². The predicted molar refractivity (Wildman–Crippen MR) is 96.6 cm³/mol. The Bertz CT molecular complexity index is 955. The van der Waals surface area contributed by atoms with Gasteiger partial charge in [-0.3, -0.25) is 0 Å². The molecule has 4 rings (SSSR count). The number of aryl methyl sites for hydroxylation is 1. The first-order valence-electron chi connectivity index (χ1n) is 8.30. The lowest BCUT2D eigenvalue weighted by Gasteiger charge is -2.27. The van der Waals surface area contributed by atoms with Gasteiger partial charge in [0.15, 0.2) is 0 Å². The number of nitrogens with one attached hydrogen (secondary N) is 1. The quantitative estimate of drug-likeness (QED) is 0.791. The topological polar surface area (TPSA) is 84.7 Å². The summed E-state index contributed by atoms with van der Waals surface area (Å²) in [6.45, 7) is 3.83. The van der Waals surface area contributed by atoms with Crippen molar-refractivity contribution in [3.8, 4) is 6.07 Å². The van der Waals surface area contributed by atoms with Crippen molar-refractivity contribution < 1.29 is 0 Å². The normalized spacial score (nSPS) is 17.0. The molecule has 25 heavy (non-hydrogen) atoms. The smallest absolute Gasteiger partial charge is 0.142 e. The molecule has 1 atom stereocenters. The number of pyridine rings is 1. The third-order valence-corrected chi connectivity index (χ3v) is 4.86. The van der Waals surface area contributed by atoms with Crippen molar-refractivity contribution in [3.63, 3.8) is 0 Å². The average Bonchev–Trinajstić information content (AvgIpc) is 3.30. The maximum atomic E-state index is 9.01. The fourth-order valence-corrected chi connectivity index (χ4v) is 3.53. The molecule has 3 aromatic rings. The number of aromatic nitrogens is 4. The molecule has 0 amide bonds. The van der Waals surface area contributed by atoms with Crippen LogP contribution in [0.5, 0.6) is 0 Å². The monoisotopic (exact) mass is 333 g/mol. The van der Waals surface area contributed by atoms with Crippen molar-refractivity contribution in [3.05, 3.63) is 42.0 Å². The van der Waals surface area contributed by atoms with Crippen LogP contribution in [-0.4, -0.2) is 46.1 Å². The van der Waals surface area contributed by atoms with Crippen LogP contribution in [0.4, 0.5) is 11.6 Å². The fraction of sp³-hybridized carbons (Fsp3) is 0.333. The molecule has 1 aliphatic heterocycles. The number of H-pyrrole nitrogens is 1. The van der Waals surface area contributed by atoms with Crippen LogP contribution in [0.1, 0.15) is 17.5 Å². The van der Waals surface area contributed by atoms with Gasteiger partial charge < -0.3 is 14.8 Å². The van der Waals surface area contributed by atoms with E-state index in [1.807, 2.05) is 25.3 Å². The van der Waals surface area contributed by atoms with Crippen LogP contribution >= 0.6 is 0 Å². The van der Waals surface area contributed by atoms with Gasteiger partial charge in [0.25, 0.3) is 0 Å². The Morgan fingerprint density at radius 2 is 2.24 bits per heavy atom. The number of likely N-dealkylation sites (N-methyl/N-ethyl adjacent to an activating group) is 1. The van der Waals surface area contributed by atoms with Gasteiger partial charge in [0.05, 0.1) is 10.9 Å². The number of fused-ring (bicyclic) bond motifs is 1. The van der Waals surface area contributed by atoms with Crippen LogP contribution in [0, 0.1) is 18.3 Å². The number of anilines is 2. The second-order valence-electron chi connectivity index (χ2n) is 6.41. The highest BCUT2D eigenvalue weighted by Gasteiger charge is 2.29. The van der Waals surface area contributed by atoms with Crippen LogP contribution < -0.4 is 9.80 Å². The Hall–Kier alpha value is -3.14. The summed E-state index contributed by atoms with van der Waals surface area (Å²) in [5.41, 5.74) is 2.49. The van der Waals surface area contributed by atoms with Gasteiger partial charge in [-0.2, -0.15) is 5.26 Å². The third kappa shape index (κ3) is 2.66. The molecular formula is C18H19N7. The van der Waals surface area contributed by atoms with Crippen molar-refractivity contribution in [1.29, 1.82) is 5.26 Å². The first-order valence-corrected chi connectivity index (χ1v) is 8.30. The van der Waals surface area contributed by atoms with E-state index in [1.165, 1.54) is 0 Å². The Kier molecular flexibility index (Phi) is 3.73. The molecule has 0 spiro atoms. The number of nitriles is 1. The Balaban J connectivity index is 1.56. The van der Waals surface area contributed by atoms with Crippen LogP contribution in [-0.2, 0) is 0 Å². The van der Waals surface area contributed by atoms with Crippen molar-refractivity contribution in [2.45, 2.75) is 19.4 Å². The molecule has 0 aliphatic carbocycles. The molecule has 126 valence electrons. The third-order valence-electron chi connectivity index (χ3n) is 4.86. The van der Waals surface area contributed by atoms with Gasteiger partial charge in [0, 0.05) is 38.6 Å². The van der Waals surface area contributed by atoms with E-state index in [0.717, 1.165) is 47.7 Å². The van der Waals surface area contributed by atoms with E-state index in [4.69, 9.17) is 5.26 Å². The number of rotatable bonds is 3. The van der Waals surface area contributed by atoms with Crippen LogP contribution in [0.25, 0.3) is 11.0 Å². The summed E-state index contributed by atoms with van der Waals surface area (Å²) in [6.07, 6.45) is 6.18. The lowest BCUT2D eigenvalue weighted by molar-refractivity contribution is 0.682. The van der Waals surface area contributed by atoms with Gasteiger partial charge in [0.1, 0.15) is 29.7 Å². The van der Waals surface area contributed by atoms with E-state index in [1.54, 1.807) is 12.5 Å². The summed E-state index contributed by atoms with van der Waals surface area (Å²) in [7, 11) is 2.07. The largest absolute Gasteiger partial charge is 0.355 e. The molecule has 1 aliphatic rings. The minimum absolute atomic E-state index is 0.350. The zero-order chi connectivity index (χ0) is 17.4. The lowest BCUT2D eigenvalue weighted by atomic mass is 10.1. The van der Waals surface area contributed by atoms with Crippen molar-refractivity contribution in [1.82, 2.24) is 19.9 Å². The number of hydrogen-bond donors (Lipinski definition) is 1. The van der Waals surface area contributed by atoms with E-state index in [2.05, 4.69) is 42.9 Å². The van der Waals surface area contributed by atoms with Gasteiger partial charge in [-0.1, -0.05) is 0 Å². The highest BCUT2D eigenvalue weighted by Crippen LogP contribution is 2.29. The van der Waals surface area contributed by atoms with Gasteiger partial charge in [-0.25, -0.2) is 15.0 Å². The summed E-state index contributed by atoms with van der Waals surface area (Å²) in [5, 5.41) is 10.1. The molecule has 0 saturated carbocycles. The second-order valence-corrected chi connectivity index (χ2v) is 6.41. The van der Waals surface area contributed by atoms with Gasteiger partial charge in [-0.15, -0.1) is 0 Å². The molecule has 7 heteroatoms. The Morgan fingerprint density at radius 1 is 1.36 bits per heavy atom. The maximum absolute atomic E-state index is 9.01. The molecular weight excluding hydrogens is 314 g/mol. The average molecular weight is 333 g/mol. The SMILES string of the molecule is Cc1cc(C#N)cnc1N(C)[C@@H]1CCN(c2ncnc3[nH]ccc23)C1. The number of nitrogens with zero attached hydrogens (tertiary/aromatic N) is 6. The minimum Gasteiger partial charge on any atom is -0.355 e. The zero-order valence-corrected chi connectivity index (χ0v) is 14.3. The van der Waals surface area contributed by atoms with Crippen LogP contribution in [0.2, 0.25) is 0 Å². The Labute approximate surface area is 145 Å². The van der Waals surface area contributed by atoms with E-state index in [9.17, 15) is 0 Å². The van der Waals surface area contributed by atoms with Gasteiger partial charge in [0.2, 0.25) is 0 Å². The Morgan fingerprint density at radius 3 is 3.04 bits per heavy atom. The van der Waals surface area contributed by atoms with E-state index >= 15 is 0 Å². The zero-order valence-electron chi connectivity index (χ0n) is 14.3. The molecule has 7 nitrogen and oxygen atoms in total. The highest BCUT2D eigenvalue weighted by atomic mass is 15.3. The molecule has 0 unspecified atom stereocenters. The second kappa shape index (κ2) is 6.06. The molecule has 4 heterocycles. The molecule has 0 bridgehead atoms. The number of aromatic amines is 1. The van der Waals surface area contributed by atoms with E-state index < -0.39 is 0 Å². The molecule has 3 aromatic heterocycles. The summed E-state index contributed by atoms with van der Waals surface area (Å²) in [5.74, 6) is 1.91. The highest BCUT2D eigenvalue weighted by molar-refractivity contribution is 5.87. The molecule has 1 fully saturated rings. The number of hydrogen-bond acceptors (Lipinski definition) is 6. The van der Waals surface area contributed by atoms with E-state index in [-0.39, 0.29) is 0 Å². The first-order chi connectivity index (χ1) is 12.2.